The highest BCUT2D eigenvalue weighted by Gasteiger charge is 2.09. The number of nitrogens with one attached hydrogen (secondary N) is 2. The number of H-pyrrole nitrogens is 1. The minimum Gasteiger partial charge on any atom is -0.508 e. The zero-order valence-electron chi connectivity index (χ0n) is 13.4. The molecule has 0 unspecified atom stereocenters. The third kappa shape index (κ3) is 2.82. The van der Waals surface area contributed by atoms with E-state index in [-0.39, 0.29) is 22.1 Å². The van der Waals surface area contributed by atoms with Gasteiger partial charge in [-0.2, -0.15) is 5.10 Å². The number of hydrazone groups is 1. The number of aromatic hydroxyl groups is 1. The summed E-state index contributed by atoms with van der Waals surface area (Å²) in [5, 5.41) is 14.5. The van der Waals surface area contributed by atoms with Crippen LogP contribution in [-0.4, -0.2) is 22.2 Å². The van der Waals surface area contributed by atoms with Crippen LogP contribution in [0.5, 0.6) is 5.75 Å². The molecule has 0 atom stereocenters. The van der Waals surface area contributed by atoms with Gasteiger partial charge in [0.1, 0.15) is 23.3 Å². The molecule has 0 aliphatic heterocycles. The molecule has 0 saturated heterocycles. The molecule has 0 bridgehead atoms. The molecule has 0 aliphatic rings. The van der Waals surface area contributed by atoms with Gasteiger partial charge in [-0.05, 0) is 30.3 Å². The summed E-state index contributed by atoms with van der Waals surface area (Å²) in [5.41, 5.74) is 3.72. The third-order valence-corrected chi connectivity index (χ3v) is 3.93. The van der Waals surface area contributed by atoms with Gasteiger partial charge in [0.15, 0.2) is 0 Å². The van der Waals surface area contributed by atoms with E-state index in [4.69, 9.17) is 4.42 Å². The Bertz CT molecular complexity index is 1190. The lowest BCUT2D eigenvalue weighted by Gasteiger charge is -1.99. The highest BCUT2D eigenvalue weighted by atomic mass is 16.3. The summed E-state index contributed by atoms with van der Waals surface area (Å²) in [7, 11) is 0. The fourth-order valence-corrected chi connectivity index (χ4v) is 2.64. The van der Waals surface area contributed by atoms with Crippen molar-refractivity contribution in [2.45, 2.75) is 0 Å². The van der Waals surface area contributed by atoms with Crippen LogP contribution in [-0.2, 0) is 0 Å². The monoisotopic (exact) mass is 347 g/mol. The maximum atomic E-state index is 12.4. The van der Waals surface area contributed by atoms with Gasteiger partial charge in [0.25, 0.3) is 5.91 Å². The quantitative estimate of drug-likeness (QED) is 0.391. The summed E-state index contributed by atoms with van der Waals surface area (Å²) in [5.74, 6) is -0.466. The summed E-state index contributed by atoms with van der Waals surface area (Å²) in [6.45, 7) is 0. The summed E-state index contributed by atoms with van der Waals surface area (Å²) in [6.07, 6.45) is 2.45. The lowest BCUT2D eigenvalue weighted by Crippen LogP contribution is -2.18. The average Bonchev–Trinajstić information content (AvgIpc) is 3.08. The molecule has 2 aromatic carbocycles. The van der Waals surface area contributed by atoms with Crippen LogP contribution in [0.4, 0.5) is 0 Å². The first-order valence-corrected chi connectivity index (χ1v) is 7.77. The Hall–Kier alpha value is -3.87. The predicted octanol–water partition coefficient (Wildman–Crippen LogP) is 2.74. The van der Waals surface area contributed by atoms with Gasteiger partial charge in [0.05, 0.1) is 17.2 Å². The number of hydrogen-bond donors (Lipinski definition) is 3. The van der Waals surface area contributed by atoms with Gasteiger partial charge in [0, 0.05) is 10.9 Å². The van der Waals surface area contributed by atoms with Crippen molar-refractivity contribution in [2.24, 2.45) is 5.10 Å². The molecule has 4 rings (SSSR count). The second-order valence-corrected chi connectivity index (χ2v) is 5.67. The summed E-state index contributed by atoms with van der Waals surface area (Å²) >= 11 is 0. The molecule has 0 spiro atoms. The van der Waals surface area contributed by atoms with Crippen LogP contribution >= 0.6 is 0 Å². The molecule has 0 radical (unpaired) electrons. The van der Waals surface area contributed by atoms with Gasteiger partial charge in [-0.25, -0.2) is 5.43 Å². The second kappa shape index (κ2) is 6.21. The van der Waals surface area contributed by atoms with Gasteiger partial charge >= 0.3 is 0 Å². The van der Waals surface area contributed by atoms with Crippen LogP contribution in [0.1, 0.15) is 16.1 Å². The third-order valence-electron chi connectivity index (χ3n) is 3.93. The number of aromatic nitrogens is 1. The van der Waals surface area contributed by atoms with E-state index in [9.17, 15) is 14.7 Å². The minimum atomic E-state index is -0.430. The van der Waals surface area contributed by atoms with Crippen LogP contribution in [0.3, 0.4) is 0 Å². The smallest absolute Gasteiger partial charge is 0.287 e. The number of amides is 1. The van der Waals surface area contributed by atoms with Crippen molar-refractivity contribution in [3.63, 3.8) is 0 Å². The van der Waals surface area contributed by atoms with E-state index in [1.165, 1.54) is 30.7 Å². The Morgan fingerprint density at radius 3 is 2.88 bits per heavy atom. The van der Waals surface area contributed by atoms with Crippen LogP contribution in [0.15, 0.2) is 69.1 Å². The van der Waals surface area contributed by atoms with Gasteiger partial charge in [-0.15, -0.1) is 0 Å². The Morgan fingerprint density at radius 2 is 2.04 bits per heavy atom. The molecule has 0 aliphatic carbocycles. The number of phenols is 1. The molecule has 4 aromatic rings. The highest BCUT2D eigenvalue weighted by Crippen LogP contribution is 2.17. The Morgan fingerprint density at radius 1 is 1.19 bits per heavy atom. The average molecular weight is 347 g/mol. The number of benzene rings is 2. The Kier molecular flexibility index (Phi) is 3.74. The predicted molar refractivity (Wildman–Crippen MR) is 97.5 cm³/mol. The van der Waals surface area contributed by atoms with Gasteiger partial charge in [-0.3, -0.25) is 9.59 Å². The fraction of sp³-hybridized carbons (Fsp3) is 0. The number of hydrogen-bond acceptors (Lipinski definition) is 5. The molecule has 2 aromatic heterocycles. The lowest BCUT2D eigenvalue weighted by molar-refractivity contribution is 0.0951. The number of phenolic OH excluding ortho intramolecular Hbond substituents is 1. The second-order valence-electron chi connectivity index (χ2n) is 5.67. The zero-order chi connectivity index (χ0) is 18.1. The van der Waals surface area contributed by atoms with Crippen molar-refractivity contribution in [1.82, 2.24) is 10.4 Å². The normalized spacial score (nSPS) is 11.4. The maximum absolute atomic E-state index is 12.4. The molecule has 1 amide bonds. The minimum absolute atomic E-state index is 0.0361. The number of fused-ring (bicyclic) bond motifs is 2. The van der Waals surface area contributed by atoms with E-state index in [0.717, 1.165) is 10.9 Å². The first-order chi connectivity index (χ1) is 12.6. The number of aromatic amines is 1. The summed E-state index contributed by atoms with van der Waals surface area (Å²) in [4.78, 5) is 27.5. The van der Waals surface area contributed by atoms with E-state index >= 15 is 0 Å². The maximum Gasteiger partial charge on any atom is 0.287 e. The van der Waals surface area contributed by atoms with E-state index < -0.39 is 5.91 Å². The number of rotatable bonds is 3. The molecular formula is C19H13N3O4. The SMILES string of the molecule is O=C(N/N=C/c1coc2ccc(O)cc2c1=O)c1cc2ccccc2[nH]1. The molecule has 2 heterocycles. The van der Waals surface area contributed by atoms with Crippen molar-refractivity contribution >= 4 is 34.0 Å². The molecule has 26 heavy (non-hydrogen) atoms. The Balaban J connectivity index is 1.56. The highest BCUT2D eigenvalue weighted by molar-refractivity contribution is 5.98. The largest absolute Gasteiger partial charge is 0.508 e. The number of carbonyl (C=O) groups excluding carboxylic acids is 1. The molecule has 7 nitrogen and oxygen atoms in total. The number of nitrogens with zero attached hydrogens (tertiary/aromatic N) is 1. The Labute approximate surface area is 146 Å². The van der Waals surface area contributed by atoms with Gasteiger partial charge in [0.2, 0.25) is 5.43 Å². The van der Waals surface area contributed by atoms with E-state index in [2.05, 4.69) is 15.5 Å². The van der Waals surface area contributed by atoms with Crippen molar-refractivity contribution in [1.29, 1.82) is 0 Å². The molecule has 0 fully saturated rings. The first kappa shape index (κ1) is 15.6. The number of para-hydroxylation sites is 1. The standard InChI is InChI=1S/C19H13N3O4/c23-13-5-6-17-14(8-13)18(24)12(10-26-17)9-20-22-19(25)16-7-11-3-1-2-4-15(11)21-16/h1-10,21,23H,(H,22,25)/b20-9+. The first-order valence-electron chi connectivity index (χ1n) is 7.77. The van der Waals surface area contributed by atoms with Crippen LogP contribution in [0, 0.1) is 0 Å². The van der Waals surface area contributed by atoms with Crippen molar-refractivity contribution < 1.29 is 14.3 Å². The molecule has 3 N–H and O–H groups in total. The van der Waals surface area contributed by atoms with Gasteiger partial charge < -0.3 is 14.5 Å². The summed E-state index contributed by atoms with van der Waals surface area (Å²) < 4.78 is 5.34. The lowest BCUT2D eigenvalue weighted by atomic mass is 10.2. The van der Waals surface area contributed by atoms with E-state index in [0.29, 0.717) is 11.3 Å². The summed E-state index contributed by atoms with van der Waals surface area (Å²) in [6, 6.07) is 13.5. The molecule has 128 valence electrons. The fourth-order valence-electron chi connectivity index (χ4n) is 2.64. The van der Waals surface area contributed by atoms with Crippen LogP contribution in [0.2, 0.25) is 0 Å². The van der Waals surface area contributed by atoms with E-state index in [1.54, 1.807) is 6.07 Å². The van der Waals surface area contributed by atoms with Crippen molar-refractivity contribution in [2.75, 3.05) is 0 Å². The number of carbonyl (C=O) groups is 1. The van der Waals surface area contributed by atoms with Crippen LogP contribution < -0.4 is 10.9 Å². The molecule has 0 saturated carbocycles. The zero-order valence-corrected chi connectivity index (χ0v) is 13.4. The molecular weight excluding hydrogens is 334 g/mol. The topological polar surface area (TPSA) is 108 Å². The van der Waals surface area contributed by atoms with E-state index in [1.807, 2.05) is 24.3 Å². The molecule has 7 heteroatoms. The van der Waals surface area contributed by atoms with Crippen LogP contribution in [0.25, 0.3) is 21.9 Å². The van der Waals surface area contributed by atoms with Crippen molar-refractivity contribution in [3.05, 3.63) is 76.3 Å². The van der Waals surface area contributed by atoms with Crippen molar-refractivity contribution in [3.8, 4) is 5.75 Å². The van der Waals surface area contributed by atoms with Gasteiger partial charge in [-0.1, -0.05) is 18.2 Å².